The molecule has 1 aliphatic carbocycles. The fourth-order valence-electron chi connectivity index (χ4n) is 11.5. The Morgan fingerprint density at radius 3 is 1.37 bits per heavy atom. The summed E-state index contributed by atoms with van der Waals surface area (Å²) in [6.07, 6.45) is 0. The van der Waals surface area contributed by atoms with Crippen LogP contribution in [0.5, 0.6) is 0 Å². The van der Waals surface area contributed by atoms with Gasteiger partial charge in [-0.3, -0.25) is 0 Å². The van der Waals surface area contributed by atoms with Crippen molar-refractivity contribution in [2.75, 3.05) is 4.90 Å². The van der Waals surface area contributed by atoms with Crippen LogP contribution in [0.25, 0.3) is 88.3 Å². The molecule has 0 amide bonds. The third kappa shape index (κ3) is 7.25. The van der Waals surface area contributed by atoms with Crippen molar-refractivity contribution in [2.45, 2.75) is 12.3 Å². The first-order valence-corrected chi connectivity index (χ1v) is 24.7. The summed E-state index contributed by atoms with van der Waals surface area (Å²) >= 11 is 0. The summed E-state index contributed by atoms with van der Waals surface area (Å²) in [5.41, 5.74) is 21.3. The van der Waals surface area contributed by atoms with Crippen molar-refractivity contribution in [1.82, 2.24) is 0 Å². The van der Waals surface area contributed by atoms with E-state index in [9.17, 15) is 0 Å². The van der Waals surface area contributed by atoms with Crippen LogP contribution in [-0.2, 0) is 5.41 Å². The number of nitrogens with zero attached hydrogens (tertiary/aromatic N) is 1. The van der Waals surface area contributed by atoms with E-state index in [1.54, 1.807) is 0 Å². The van der Waals surface area contributed by atoms with Gasteiger partial charge in [0, 0.05) is 22.5 Å². The third-order valence-electron chi connectivity index (χ3n) is 14.9. The molecule has 1 unspecified atom stereocenters. The first-order valence-electron chi connectivity index (χ1n) is 24.7. The van der Waals surface area contributed by atoms with Crippen LogP contribution in [0.1, 0.15) is 23.6 Å². The lowest BCUT2D eigenvalue weighted by molar-refractivity contribution is 0.714. The molecule has 0 N–H and O–H groups in total. The predicted molar refractivity (Wildman–Crippen MR) is 301 cm³/mol. The Hall–Kier alpha value is -9.04. The largest absolute Gasteiger partial charge is 0.310 e. The maximum absolute atomic E-state index is 2.47. The number of hydrogen-bond donors (Lipinski definition) is 0. The van der Waals surface area contributed by atoms with E-state index in [0.29, 0.717) is 0 Å². The molecular formula is C70H49N. The molecule has 0 bridgehead atoms. The molecule has 12 aromatic rings. The molecule has 1 heteroatoms. The molecule has 0 spiro atoms. The van der Waals surface area contributed by atoms with Crippen molar-refractivity contribution in [3.05, 3.63) is 296 Å². The molecule has 0 saturated heterocycles. The van der Waals surface area contributed by atoms with E-state index in [1.165, 1.54) is 82.7 Å². The minimum atomic E-state index is -0.301. The Kier molecular flexibility index (Phi) is 10.4. The Morgan fingerprint density at radius 2 is 0.718 bits per heavy atom. The van der Waals surface area contributed by atoms with Gasteiger partial charge in [-0.15, -0.1) is 0 Å². The van der Waals surface area contributed by atoms with Crippen molar-refractivity contribution in [3.8, 4) is 66.8 Å². The molecule has 0 radical (unpaired) electrons. The van der Waals surface area contributed by atoms with E-state index in [2.05, 4.69) is 291 Å². The topological polar surface area (TPSA) is 3.24 Å². The lowest BCUT2D eigenvalue weighted by Gasteiger charge is -2.30. The minimum Gasteiger partial charge on any atom is -0.310 e. The van der Waals surface area contributed by atoms with Gasteiger partial charge in [0.1, 0.15) is 0 Å². The van der Waals surface area contributed by atoms with Gasteiger partial charge in [0.05, 0.1) is 0 Å². The van der Waals surface area contributed by atoms with Crippen LogP contribution in [0.15, 0.2) is 279 Å². The van der Waals surface area contributed by atoms with Gasteiger partial charge in [0.25, 0.3) is 0 Å². The summed E-state index contributed by atoms with van der Waals surface area (Å²) in [6, 6.07) is 103. The van der Waals surface area contributed by atoms with Crippen molar-refractivity contribution >= 4 is 38.6 Å². The van der Waals surface area contributed by atoms with E-state index >= 15 is 0 Å². The van der Waals surface area contributed by atoms with Crippen LogP contribution in [0.4, 0.5) is 17.1 Å². The quantitative estimate of drug-likeness (QED) is 0.130. The van der Waals surface area contributed by atoms with Gasteiger partial charge in [0.2, 0.25) is 0 Å². The smallest absolute Gasteiger partial charge is 0.0473 e. The van der Waals surface area contributed by atoms with E-state index in [-0.39, 0.29) is 5.41 Å². The maximum Gasteiger partial charge on any atom is 0.0473 e. The van der Waals surface area contributed by atoms with Crippen LogP contribution in [0.2, 0.25) is 0 Å². The molecule has 0 aliphatic heterocycles. The van der Waals surface area contributed by atoms with Crippen molar-refractivity contribution < 1.29 is 0 Å². The summed E-state index contributed by atoms with van der Waals surface area (Å²) in [5, 5.41) is 4.98. The highest BCUT2D eigenvalue weighted by atomic mass is 15.1. The molecule has 0 saturated carbocycles. The number of fused-ring (bicyclic) bond motifs is 6. The van der Waals surface area contributed by atoms with Crippen LogP contribution in [0.3, 0.4) is 0 Å². The number of benzene rings is 12. The predicted octanol–water partition coefficient (Wildman–Crippen LogP) is 19.1. The lowest BCUT2D eigenvalue weighted by Crippen LogP contribution is -2.22. The monoisotopic (exact) mass is 903 g/mol. The van der Waals surface area contributed by atoms with Crippen molar-refractivity contribution in [3.63, 3.8) is 0 Å². The zero-order chi connectivity index (χ0) is 47.3. The SMILES string of the molecule is CC1(c2ccccc2)c2ccccc2-c2cc(N(c3cccc(-c4ccc5c(c4)c(-c4ccccc4)c(-c4ccccc4)c4ccccc45)c3)c3cc(-c4ccccc4)cc(-c4ccccc4)c3)ccc21. The fourth-order valence-corrected chi connectivity index (χ4v) is 11.5. The molecule has 0 heterocycles. The first kappa shape index (κ1) is 42.1. The molecule has 13 rings (SSSR count). The first-order chi connectivity index (χ1) is 35.1. The molecule has 12 aromatic carbocycles. The number of rotatable bonds is 9. The van der Waals surface area contributed by atoms with Crippen LogP contribution in [-0.4, -0.2) is 0 Å². The van der Waals surface area contributed by atoms with E-state index in [0.717, 1.165) is 39.3 Å². The summed E-state index contributed by atoms with van der Waals surface area (Å²) in [6.45, 7) is 2.39. The van der Waals surface area contributed by atoms with Crippen LogP contribution in [0, 0.1) is 0 Å². The van der Waals surface area contributed by atoms with Crippen molar-refractivity contribution in [2.24, 2.45) is 0 Å². The molecule has 0 aromatic heterocycles. The Balaban J connectivity index is 1.04. The molecule has 71 heavy (non-hydrogen) atoms. The van der Waals surface area contributed by atoms with Crippen LogP contribution < -0.4 is 4.90 Å². The van der Waals surface area contributed by atoms with Crippen LogP contribution >= 0.6 is 0 Å². The van der Waals surface area contributed by atoms with E-state index < -0.39 is 0 Å². The second-order valence-corrected chi connectivity index (χ2v) is 18.9. The highest BCUT2D eigenvalue weighted by molar-refractivity contribution is 6.22. The van der Waals surface area contributed by atoms with E-state index in [1.807, 2.05) is 0 Å². The number of anilines is 3. The van der Waals surface area contributed by atoms with Gasteiger partial charge in [0.15, 0.2) is 0 Å². The Bertz CT molecular complexity index is 3860. The van der Waals surface area contributed by atoms with E-state index in [4.69, 9.17) is 0 Å². The zero-order valence-corrected chi connectivity index (χ0v) is 39.5. The number of hydrogen-bond acceptors (Lipinski definition) is 1. The average molecular weight is 904 g/mol. The molecule has 0 fully saturated rings. The van der Waals surface area contributed by atoms with Gasteiger partial charge in [-0.1, -0.05) is 231 Å². The summed E-state index contributed by atoms with van der Waals surface area (Å²) in [4.78, 5) is 2.47. The summed E-state index contributed by atoms with van der Waals surface area (Å²) in [7, 11) is 0. The average Bonchev–Trinajstić information content (AvgIpc) is 3.71. The second-order valence-electron chi connectivity index (χ2n) is 18.9. The third-order valence-corrected chi connectivity index (χ3v) is 14.9. The zero-order valence-electron chi connectivity index (χ0n) is 39.5. The highest BCUT2D eigenvalue weighted by Gasteiger charge is 2.41. The molecule has 334 valence electrons. The Labute approximate surface area is 416 Å². The van der Waals surface area contributed by atoms with Gasteiger partial charge in [-0.25, -0.2) is 0 Å². The fraction of sp³-hybridized carbons (Fsp3) is 0.0286. The Morgan fingerprint density at radius 1 is 0.254 bits per heavy atom. The minimum absolute atomic E-state index is 0.301. The molecular weight excluding hydrogens is 855 g/mol. The molecule has 1 nitrogen and oxygen atoms in total. The highest BCUT2D eigenvalue weighted by Crippen LogP contribution is 2.54. The molecule has 1 atom stereocenters. The van der Waals surface area contributed by atoms with Gasteiger partial charge >= 0.3 is 0 Å². The molecule has 1 aliphatic rings. The maximum atomic E-state index is 2.47. The van der Waals surface area contributed by atoms with Gasteiger partial charge < -0.3 is 4.90 Å². The summed E-state index contributed by atoms with van der Waals surface area (Å²) < 4.78 is 0. The van der Waals surface area contributed by atoms with Gasteiger partial charge in [-0.05, 0) is 160 Å². The summed E-state index contributed by atoms with van der Waals surface area (Å²) in [5.74, 6) is 0. The standard InChI is InChI=1S/C70H49N/c1-70(56-31-15-6-16-32-56)66-37-20-19-35-62(66)64-47-58(39-41-67(64)70)71(59-44-54(48-22-7-2-8-23-48)42-55(45-59)49-24-9-3-10-25-49)57-33-21-30-52(43-57)53-38-40-61-60-34-17-18-36-63(60)68(50-26-11-4-12-27-50)69(65(61)46-53)51-28-13-5-14-29-51/h2-47H,1H3. The lowest BCUT2D eigenvalue weighted by atomic mass is 9.74. The van der Waals surface area contributed by atoms with Gasteiger partial charge in [-0.2, -0.15) is 0 Å². The second kappa shape index (κ2) is 17.5. The normalized spacial score (nSPS) is 13.8. The van der Waals surface area contributed by atoms with Crippen molar-refractivity contribution in [1.29, 1.82) is 0 Å².